The summed E-state index contributed by atoms with van der Waals surface area (Å²) in [6.07, 6.45) is 1.27. The van der Waals surface area contributed by atoms with Gasteiger partial charge in [-0.2, -0.15) is 0 Å². The molecule has 132 valence electrons. The highest BCUT2D eigenvalue weighted by Gasteiger charge is 2.39. The van der Waals surface area contributed by atoms with Crippen molar-refractivity contribution in [1.82, 2.24) is 5.32 Å². The monoisotopic (exact) mass is 345 g/mol. The Morgan fingerprint density at radius 1 is 1.16 bits per heavy atom. The first-order valence-corrected chi connectivity index (χ1v) is 7.90. The minimum Gasteiger partial charge on any atom is -0.419 e. The van der Waals surface area contributed by atoms with Gasteiger partial charge in [0.25, 0.3) is 5.79 Å². The lowest BCUT2D eigenvalue weighted by Gasteiger charge is -2.31. The van der Waals surface area contributed by atoms with Gasteiger partial charge < -0.3 is 25.0 Å². The average molecular weight is 345 g/mol. The minimum absolute atomic E-state index is 0.0546. The van der Waals surface area contributed by atoms with Crippen LogP contribution in [-0.2, 0) is 23.9 Å². The summed E-state index contributed by atoms with van der Waals surface area (Å²) in [6.45, 7) is 4.45. The van der Waals surface area contributed by atoms with Crippen LogP contribution in [-0.4, -0.2) is 43.3 Å². The molecule has 0 radical (unpaired) electrons. The number of carbonyl (C=O) groups is 3. The number of anilines is 2. The number of hydrogen-bond acceptors (Lipinski definition) is 7. The summed E-state index contributed by atoms with van der Waals surface area (Å²) in [5, 5.41) is 5.72. The molecule has 1 aromatic carbocycles. The van der Waals surface area contributed by atoms with Gasteiger partial charge in [-0.05, 0) is 12.1 Å². The number of piperazine rings is 1. The molecule has 0 spiro atoms. The molecular formula is C17H19N3O5. The summed E-state index contributed by atoms with van der Waals surface area (Å²) >= 11 is 0. The fourth-order valence-electron chi connectivity index (χ4n) is 2.64. The van der Waals surface area contributed by atoms with Crippen LogP contribution in [0, 0.1) is 0 Å². The molecule has 2 heterocycles. The van der Waals surface area contributed by atoms with Gasteiger partial charge in [0.15, 0.2) is 5.57 Å². The molecule has 0 saturated carbocycles. The number of nitrogens with one attached hydrogen (secondary N) is 2. The van der Waals surface area contributed by atoms with E-state index in [0.29, 0.717) is 18.8 Å². The first-order valence-electron chi connectivity index (χ1n) is 7.90. The Morgan fingerprint density at radius 2 is 1.84 bits per heavy atom. The molecule has 0 unspecified atom stereocenters. The third kappa shape index (κ3) is 3.73. The SMILES string of the molecule is CC1(C)OC(=O)C(=CNc2ccccc2N2CCNC(=O)C2)C(=O)O1. The highest BCUT2D eigenvalue weighted by molar-refractivity contribution is 6.15. The van der Waals surface area contributed by atoms with Crippen molar-refractivity contribution < 1.29 is 23.9 Å². The third-order valence-corrected chi connectivity index (χ3v) is 3.77. The van der Waals surface area contributed by atoms with Crippen LogP contribution in [0.5, 0.6) is 0 Å². The van der Waals surface area contributed by atoms with Crippen molar-refractivity contribution >= 4 is 29.2 Å². The number of hydrogen-bond donors (Lipinski definition) is 2. The number of carbonyl (C=O) groups excluding carboxylic acids is 3. The lowest BCUT2D eigenvalue weighted by atomic mass is 10.2. The van der Waals surface area contributed by atoms with Crippen molar-refractivity contribution in [3.05, 3.63) is 36.0 Å². The Morgan fingerprint density at radius 3 is 2.52 bits per heavy atom. The van der Waals surface area contributed by atoms with E-state index in [0.717, 1.165) is 5.69 Å². The number of esters is 2. The molecule has 0 aliphatic carbocycles. The van der Waals surface area contributed by atoms with Gasteiger partial charge in [0, 0.05) is 33.1 Å². The number of benzene rings is 1. The maximum absolute atomic E-state index is 12.0. The Hall–Kier alpha value is -3.03. The van der Waals surface area contributed by atoms with E-state index in [2.05, 4.69) is 10.6 Å². The van der Waals surface area contributed by atoms with E-state index in [1.807, 2.05) is 23.1 Å². The predicted molar refractivity (Wildman–Crippen MR) is 89.6 cm³/mol. The Bertz CT molecular complexity index is 734. The number of cyclic esters (lactones) is 2. The quantitative estimate of drug-likeness (QED) is 0.474. The summed E-state index contributed by atoms with van der Waals surface area (Å²) in [6, 6.07) is 7.32. The molecule has 0 bridgehead atoms. The fraction of sp³-hybridized carbons (Fsp3) is 0.353. The second-order valence-corrected chi connectivity index (χ2v) is 6.17. The average Bonchev–Trinajstić information content (AvgIpc) is 2.53. The number of para-hydroxylation sites is 2. The molecule has 2 saturated heterocycles. The maximum atomic E-state index is 12.0. The molecule has 2 fully saturated rings. The molecular weight excluding hydrogens is 326 g/mol. The largest absolute Gasteiger partial charge is 0.419 e. The molecule has 0 aromatic heterocycles. The predicted octanol–water partition coefficient (Wildman–Crippen LogP) is 0.755. The molecule has 2 aliphatic rings. The lowest BCUT2D eigenvalue weighted by molar-refractivity contribution is -0.222. The molecule has 2 N–H and O–H groups in total. The van der Waals surface area contributed by atoms with Crippen molar-refractivity contribution in [2.24, 2.45) is 0 Å². The molecule has 1 amide bonds. The van der Waals surface area contributed by atoms with E-state index >= 15 is 0 Å². The van der Waals surface area contributed by atoms with E-state index in [1.54, 1.807) is 6.07 Å². The third-order valence-electron chi connectivity index (χ3n) is 3.77. The molecule has 0 atom stereocenters. The van der Waals surface area contributed by atoms with E-state index in [-0.39, 0.29) is 18.0 Å². The van der Waals surface area contributed by atoms with Crippen LogP contribution in [0.1, 0.15) is 13.8 Å². The molecule has 2 aliphatic heterocycles. The van der Waals surface area contributed by atoms with Crippen LogP contribution >= 0.6 is 0 Å². The van der Waals surface area contributed by atoms with Crippen LogP contribution in [0.3, 0.4) is 0 Å². The summed E-state index contributed by atoms with van der Waals surface area (Å²) in [5.74, 6) is -2.82. The highest BCUT2D eigenvalue weighted by atomic mass is 16.7. The molecule has 8 heteroatoms. The van der Waals surface area contributed by atoms with Gasteiger partial charge in [0.05, 0.1) is 17.9 Å². The normalized spacial score (nSPS) is 19.7. The summed E-state index contributed by atoms with van der Waals surface area (Å²) in [7, 11) is 0. The zero-order valence-corrected chi connectivity index (χ0v) is 14.0. The number of ether oxygens (including phenoxy) is 2. The van der Waals surface area contributed by atoms with Crippen LogP contribution in [0.25, 0.3) is 0 Å². The molecule has 1 aromatic rings. The Labute approximate surface area is 144 Å². The zero-order valence-electron chi connectivity index (χ0n) is 14.0. The number of rotatable bonds is 3. The number of amides is 1. The Balaban J connectivity index is 1.81. The molecule has 3 rings (SSSR count). The maximum Gasteiger partial charge on any atom is 0.350 e. The summed E-state index contributed by atoms with van der Waals surface area (Å²) in [4.78, 5) is 37.5. The highest BCUT2D eigenvalue weighted by Crippen LogP contribution is 2.27. The minimum atomic E-state index is -1.27. The van der Waals surface area contributed by atoms with Crippen LogP contribution < -0.4 is 15.5 Å². The van der Waals surface area contributed by atoms with Gasteiger partial charge in [-0.3, -0.25) is 4.79 Å². The standard InChI is InChI=1S/C17H19N3O5/c1-17(2)24-15(22)11(16(23)25-17)9-19-12-5-3-4-6-13(12)20-8-7-18-14(21)10-20/h3-6,9,19H,7-8,10H2,1-2H3,(H,18,21). The van der Waals surface area contributed by atoms with E-state index in [9.17, 15) is 14.4 Å². The molecule has 25 heavy (non-hydrogen) atoms. The van der Waals surface area contributed by atoms with E-state index < -0.39 is 17.7 Å². The second kappa shape index (κ2) is 6.46. The topological polar surface area (TPSA) is 97.0 Å². The van der Waals surface area contributed by atoms with Crippen molar-refractivity contribution in [2.75, 3.05) is 29.9 Å². The zero-order chi connectivity index (χ0) is 18.0. The van der Waals surface area contributed by atoms with Gasteiger partial charge in [-0.15, -0.1) is 0 Å². The van der Waals surface area contributed by atoms with Crippen molar-refractivity contribution in [3.63, 3.8) is 0 Å². The van der Waals surface area contributed by atoms with Crippen molar-refractivity contribution in [3.8, 4) is 0 Å². The fourth-order valence-corrected chi connectivity index (χ4v) is 2.64. The first-order chi connectivity index (χ1) is 11.9. The van der Waals surface area contributed by atoms with Gasteiger partial charge >= 0.3 is 11.9 Å². The van der Waals surface area contributed by atoms with Crippen LogP contribution in [0.4, 0.5) is 11.4 Å². The molecule has 8 nitrogen and oxygen atoms in total. The van der Waals surface area contributed by atoms with E-state index in [1.165, 1.54) is 20.0 Å². The van der Waals surface area contributed by atoms with Crippen molar-refractivity contribution in [1.29, 1.82) is 0 Å². The van der Waals surface area contributed by atoms with Gasteiger partial charge in [-0.25, -0.2) is 9.59 Å². The van der Waals surface area contributed by atoms with Gasteiger partial charge in [0.2, 0.25) is 5.91 Å². The smallest absolute Gasteiger partial charge is 0.350 e. The second-order valence-electron chi connectivity index (χ2n) is 6.17. The van der Waals surface area contributed by atoms with Crippen LogP contribution in [0.2, 0.25) is 0 Å². The van der Waals surface area contributed by atoms with Gasteiger partial charge in [0.1, 0.15) is 0 Å². The van der Waals surface area contributed by atoms with E-state index in [4.69, 9.17) is 9.47 Å². The summed E-state index contributed by atoms with van der Waals surface area (Å²) in [5.41, 5.74) is 1.24. The lowest BCUT2D eigenvalue weighted by Crippen LogP contribution is -2.47. The van der Waals surface area contributed by atoms with Gasteiger partial charge in [-0.1, -0.05) is 12.1 Å². The number of nitrogens with zero attached hydrogens (tertiary/aromatic N) is 1. The van der Waals surface area contributed by atoms with Crippen LogP contribution in [0.15, 0.2) is 36.0 Å². The van der Waals surface area contributed by atoms with Crippen molar-refractivity contribution in [2.45, 2.75) is 19.6 Å². The first kappa shape index (κ1) is 16.8. The summed E-state index contributed by atoms with van der Waals surface area (Å²) < 4.78 is 10.1. The Kier molecular flexibility index (Phi) is 4.35.